The molecular weight excluding hydrogens is 338 g/mol. The normalized spacial score (nSPS) is 20.2. The third-order valence-corrected chi connectivity index (χ3v) is 3.85. The molecule has 16 heavy (non-hydrogen) atoms. The lowest BCUT2D eigenvalue weighted by atomic mass is 10.2. The van der Waals surface area contributed by atoms with Crippen LogP contribution in [0.25, 0.3) is 0 Å². The number of likely N-dealkylation sites (tertiary alicyclic amines) is 1. The van der Waals surface area contributed by atoms with E-state index in [1.807, 2.05) is 6.07 Å². The van der Waals surface area contributed by atoms with E-state index < -0.39 is 0 Å². The molecule has 2 rings (SSSR count). The minimum absolute atomic E-state index is 0.0276. The summed E-state index contributed by atoms with van der Waals surface area (Å²) in [5.41, 5.74) is 6.46. The van der Waals surface area contributed by atoms with Crippen molar-refractivity contribution in [3.8, 4) is 0 Å². The van der Waals surface area contributed by atoms with E-state index in [0.717, 1.165) is 16.5 Å². The predicted octanol–water partition coefficient (Wildman–Crippen LogP) is 2.12. The van der Waals surface area contributed by atoms with Crippen molar-refractivity contribution in [3.63, 3.8) is 0 Å². The van der Waals surface area contributed by atoms with E-state index in [1.54, 1.807) is 17.0 Å². The number of benzene rings is 1. The summed E-state index contributed by atoms with van der Waals surface area (Å²) in [6.45, 7) is 1.38. The number of nitrogens with zero attached hydrogens (tertiary/aromatic N) is 1. The Balaban J connectivity index is 2.23. The molecule has 1 heterocycles. The molecule has 3 nitrogen and oxygen atoms in total. The third kappa shape index (κ3) is 2.49. The molecule has 1 aromatic rings. The number of nitrogens with two attached hydrogens (primary N) is 1. The average molecular weight is 351 g/mol. The Hall–Kier alpha value is -0.330. The number of hydrogen-bond donors (Lipinski definition) is 1. The topological polar surface area (TPSA) is 46.3 Å². The van der Waals surface area contributed by atoms with Gasteiger partial charge in [-0.3, -0.25) is 4.79 Å². The van der Waals surface area contributed by atoms with Crippen LogP contribution in [0.3, 0.4) is 0 Å². The lowest BCUT2D eigenvalue weighted by Gasteiger charge is -2.16. The molecule has 0 radical (unpaired) electrons. The smallest absolute Gasteiger partial charge is 0.255 e. The molecule has 5 heteroatoms. The van der Waals surface area contributed by atoms with Gasteiger partial charge in [-0.25, -0.2) is 0 Å². The van der Waals surface area contributed by atoms with Crippen LogP contribution in [0.15, 0.2) is 18.2 Å². The van der Waals surface area contributed by atoms with Crippen LogP contribution < -0.4 is 5.73 Å². The van der Waals surface area contributed by atoms with E-state index in [1.165, 1.54) is 0 Å². The lowest BCUT2D eigenvalue weighted by molar-refractivity contribution is 0.0790. The molecule has 1 aliphatic rings. The van der Waals surface area contributed by atoms with Gasteiger partial charge in [-0.15, -0.1) is 0 Å². The second-order valence-electron chi connectivity index (χ2n) is 3.92. The van der Waals surface area contributed by atoms with Gasteiger partial charge in [-0.2, -0.15) is 0 Å². The van der Waals surface area contributed by atoms with Crippen molar-refractivity contribution >= 4 is 40.1 Å². The van der Waals surface area contributed by atoms with Crippen LogP contribution in [0.5, 0.6) is 0 Å². The van der Waals surface area contributed by atoms with Crippen LogP contribution >= 0.6 is 34.2 Å². The molecule has 0 aliphatic carbocycles. The molecule has 0 aromatic heterocycles. The Kier molecular flexibility index (Phi) is 3.71. The number of rotatable bonds is 1. The highest BCUT2D eigenvalue weighted by Gasteiger charge is 2.25. The molecule has 1 aromatic carbocycles. The second kappa shape index (κ2) is 4.89. The lowest BCUT2D eigenvalue weighted by Crippen LogP contribution is -2.32. The average Bonchev–Trinajstić information content (AvgIpc) is 2.67. The maximum absolute atomic E-state index is 12.2. The second-order valence-corrected chi connectivity index (χ2v) is 5.52. The number of amides is 1. The van der Waals surface area contributed by atoms with Gasteiger partial charge in [0.2, 0.25) is 0 Å². The monoisotopic (exact) mass is 350 g/mol. The molecule has 1 aliphatic heterocycles. The zero-order valence-corrected chi connectivity index (χ0v) is 11.5. The van der Waals surface area contributed by atoms with E-state index in [2.05, 4.69) is 22.6 Å². The molecule has 1 amide bonds. The van der Waals surface area contributed by atoms with E-state index in [4.69, 9.17) is 17.3 Å². The zero-order valence-electron chi connectivity index (χ0n) is 8.62. The molecular formula is C11H12ClIN2O. The predicted molar refractivity (Wildman–Crippen MR) is 72.7 cm³/mol. The summed E-state index contributed by atoms with van der Waals surface area (Å²) in [6, 6.07) is 5.47. The van der Waals surface area contributed by atoms with Gasteiger partial charge in [0.05, 0.1) is 5.56 Å². The summed E-state index contributed by atoms with van der Waals surface area (Å²) in [6.07, 6.45) is 0.878. The molecule has 0 saturated carbocycles. The first kappa shape index (κ1) is 12.1. The molecule has 1 fully saturated rings. The fourth-order valence-electron chi connectivity index (χ4n) is 1.80. The van der Waals surface area contributed by atoms with Gasteiger partial charge in [0.25, 0.3) is 5.91 Å². The summed E-state index contributed by atoms with van der Waals surface area (Å²) in [5, 5.41) is 0.590. The first-order valence-electron chi connectivity index (χ1n) is 5.08. The first-order chi connectivity index (χ1) is 7.58. The van der Waals surface area contributed by atoms with Gasteiger partial charge in [0.1, 0.15) is 0 Å². The van der Waals surface area contributed by atoms with E-state index in [0.29, 0.717) is 17.1 Å². The first-order valence-corrected chi connectivity index (χ1v) is 6.53. The van der Waals surface area contributed by atoms with Crippen LogP contribution in [-0.2, 0) is 0 Å². The number of halogens is 2. The fourth-order valence-corrected chi connectivity index (χ4v) is 2.54. The summed E-state index contributed by atoms with van der Waals surface area (Å²) in [7, 11) is 0. The van der Waals surface area contributed by atoms with Crippen molar-refractivity contribution < 1.29 is 4.79 Å². The van der Waals surface area contributed by atoms with Gasteiger partial charge in [-0.1, -0.05) is 11.6 Å². The number of hydrogen-bond acceptors (Lipinski definition) is 2. The third-order valence-electron chi connectivity index (χ3n) is 2.67. The minimum atomic E-state index is 0.0276. The minimum Gasteiger partial charge on any atom is -0.337 e. The van der Waals surface area contributed by atoms with Crippen LogP contribution in [-0.4, -0.2) is 29.9 Å². The van der Waals surface area contributed by atoms with Gasteiger partial charge < -0.3 is 10.6 Å². The maximum atomic E-state index is 12.2. The summed E-state index contributed by atoms with van der Waals surface area (Å²) >= 11 is 8.04. The highest BCUT2D eigenvalue weighted by Crippen LogP contribution is 2.21. The van der Waals surface area contributed by atoms with E-state index >= 15 is 0 Å². The van der Waals surface area contributed by atoms with E-state index in [-0.39, 0.29) is 11.9 Å². The maximum Gasteiger partial charge on any atom is 0.255 e. The standard InChI is InChI=1S/C11H12ClIN2O/c12-7-1-2-10(13)9(5-7)11(16)15-4-3-8(14)6-15/h1-2,5,8H,3-4,6,14H2/t8-/m1/s1. The van der Waals surface area contributed by atoms with Crippen molar-refractivity contribution in [1.82, 2.24) is 4.90 Å². The Morgan fingerprint density at radius 3 is 2.94 bits per heavy atom. The molecule has 1 atom stereocenters. The quantitative estimate of drug-likeness (QED) is 0.789. The highest BCUT2D eigenvalue weighted by molar-refractivity contribution is 14.1. The summed E-state index contributed by atoms with van der Waals surface area (Å²) in [5.74, 6) is 0.0276. The number of carbonyl (C=O) groups excluding carboxylic acids is 1. The highest BCUT2D eigenvalue weighted by atomic mass is 127. The van der Waals surface area contributed by atoms with Crippen molar-refractivity contribution in [2.24, 2.45) is 5.73 Å². The van der Waals surface area contributed by atoms with Crippen molar-refractivity contribution in [2.75, 3.05) is 13.1 Å². The van der Waals surface area contributed by atoms with Gasteiger partial charge in [0.15, 0.2) is 0 Å². The van der Waals surface area contributed by atoms with Crippen LogP contribution in [0, 0.1) is 3.57 Å². The Morgan fingerprint density at radius 1 is 1.56 bits per heavy atom. The summed E-state index contributed by atoms with van der Waals surface area (Å²) < 4.78 is 0.924. The zero-order chi connectivity index (χ0) is 11.7. The van der Waals surface area contributed by atoms with E-state index in [9.17, 15) is 4.79 Å². The van der Waals surface area contributed by atoms with Crippen LogP contribution in [0.1, 0.15) is 16.8 Å². The molecule has 86 valence electrons. The van der Waals surface area contributed by atoms with Crippen LogP contribution in [0.2, 0.25) is 5.02 Å². The van der Waals surface area contributed by atoms with Crippen molar-refractivity contribution in [1.29, 1.82) is 0 Å². The van der Waals surface area contributed by atoms with Gasteiger partial charge in [0, 0.05) is 27.7 Å². The Labute approximate surface area is 113 Å². The van der Waals surface area contributed by atoms with Gasteiger partial charge in [-0.05, 0) is 47.2 Å². The molecule has 1 saturated heterocycles. The number of carbonyl (C=O) groups is 1. The summed E-state index contributed by atoms with van der Waals surface area (Å²) in [4.78, 5) is 14.0. The van der Waals surface area contributed by atoms with Crippen molar-refractivity contribution in [2.45, 2.75) is 12.5 Å². The molecule has 0 unspecified atom stereocenters. The molecule has 0 bridgehead atoms. The fraction of sp³-hybridized carbons (Fsp3) is 0.364. The van der Waals surface area contributed by atoms with Crippen molar-refractivity contribution in [3.05, 3.63) is 32.4 Å². The van der Waals surface area contributed by atoms with Crippen LogP contribution in [0.4, 0.5) is 0 Å². The Bertz CT molecular complexity index is 424. The largest absolute Gasteiger partial charge is 0.337 e. The SMILES string of the molecule is N[C@@H]1CCN(C(=O)c2cc(Cl)ccc2I)C1. The van der Waals surface area contributed by atoms with Gasteiger partial charge >= 0.3 is 0 Å². The Morgan fingerprint density at radius 2 is 2.31 bits per heavy atom. The molecule has 2 N–H and O–H groups in total. The molecule has 0 spiro atoms.